The zero-order chi connectivity index (χ0) is 21.0. The van der Waals surface area contributed by atoms with E-state index >= 15 is 0 Å². The Labute approximate surface area is 171 Å². The van der Waals surface area contributed by atoms with Crippen LogP contribution in [0.25, 0.3) is 11.1 Å². The van der Waals surface area contributed by atoms with Gasteiger partial charge in [0.1, 0.15) is 6.04 Å². The fourth-order valence-corrected chi connectivity index (χ4v) is 3.91. The number of benzene rings is 2. The fraction of sp³-hybridized carbons (Fsp3) is 0.375. The maximum atomic E-state index is 13.0. The summed E-state index contributed by atoms with van der Waals surface area (Å²) in [4.78, 5) is 38.8. The highest BCUT2D eigenvalue weighted by atomic mass is 16.4. The SMILES string of the molecule is CC(C)[C@H](CC(=O)c1ccc(-c2ccccc2)cc1)C(=O)N1CCC[C@H]1C(=O)O. The number of aliphatic carboxylic acids is 1. The van der Waals surface area contributed by atoms with Gasteiger partial charge in [0.05, 0.1) is 0 Å². The minimum Gasteiger partial charge on any atom is -0.480 e. The van der Waals surface area contributed by atoms with Gasteiger partial charge in [-0.15, -0.1) is 0 Å². The van der Waals surface area contributed by atoms with Gasteiger partial charge in [0.25, 0.3) is 0 Å². The molecule has 0 unspecified atom stereocenters. The maximum absolute atomic E-state index is 13.0. The van der Waals surface area contributed by atoms with Crippen molar-refractivity contribution in [3.63, 3.8) is 0 Å². The molecule has 0 bridgehead atoms. The molecule has 1 aliphatic rings. The van der Waals surface area contributed by atoms with Crippen LogP contribution >= 0.6 is 0 Å². The first-order valence-corrected chi connectivity index (χ1v) is 10.1. The summed E-state index contributed by atoms with van der Waals surface area (Å²) < 4.78 is 0. The van der Waals surface area contributed by atoms with Crippen LogP contribution in [0.1, 0.15) is 43.5 Å². The zero-order valence-corrected chi connectivity index (χ0v) is 16.9. The molecular formula is C24H27NO4. The minimum absolute atomic E-state index is 0.0508. The Kier molecular flexibility index (Phi) is 6.47. The van der Waals surface area contributed by atoms with Crippen LogP contribution in [0.5, 0.6) is 0 Å². The molecule has 1 aliphatic heterocycles. The Morgan fingerprint density at radius 3 is 2.21 bits per heavy atom. The molecule has 1 fully saturated rings. The van der Waals surface area contributed by atoms with Gasteiger partial charge in [-0.25, -0.2) is 4.79 Å². The second-order valence-electron chi connectivity index (χ2n) is 7.95. The van der Waals surface area contributed by atoms with Crippen LogP contribution in [0.3, 0.4) is 0 Å². The molecule has 2 aromatic carbocycles. The van der Waals surface area contributed by atoms with Gasteiger partial charge in [0, 0.05) is 24.4 Å². The van der Waals surface area contributed by atoms with E-state index in [0.29, 0.717) is 24.9 Å². The van der Waals surface area contributed by atoms with Crippen LogP contribution < -0.4 is 0 Å². The summed E-state index contributed by atoms with van der Waals surface area (Å²) in [6.45, 7) is 4.25. The molecule has 5 heteroatoms. The van der Waals surface area contributed by atoms with E-state index in [4.69, 9.17) is 0 Å². The molecule has 1 amide bonds. The first-order valence-electron chi connectivity index (χ1n) is 10.1. The van der Waals surface area contributed by atoms with Crippen molar-refractivity contribution in [2.24, 2.45) is 11.8 Å². The van der Waals surface area contributed by atoms with E-state index in [1.807, 2.05) is 56.3 Å². The number of carbonyl (C=O) groups excluding carboxylic acids is 2. The molecule has 1 N–H and O–H groups in total. The van der Waals surface area contributed by atoms with Gasteiger partial charge >= 0.3 is 5.97 Å². The Balaban J connectivity index is 1.73. The van der Waals surface area contributed by atoms with E-state index in [0.717, 1.165) is 11.1 Å². The molecule has 0 aliphatic carbocycles. The van der Waals surface area contributed by atoms with E-state index in [1.54, 1.807) is 12.1 Å². The quantitative estimate of drug-likeness (QED) is 0.713. The van der Waals surface area contributed by atoms with Gasteiger partial charge in [-0.1, -0.05) is 68.4 Å². The van der Waals surface area contributed by atoms with Crippen molar-refractivity contribution in [1.82, 2.24) is 4.90 Å². The Hall–Kier alpha value is -2.95. The lowest BCUT2D eigenvalue weighted by atomic mass is 9.87. The van der Waals surface area contributed by atoms with Gasteiger partial charge in [0.15, 0.2) is 5.78 Å². The highest BCUT2D eigenvalue weighted by molar-refractivity contribution is 5.99. The van der Waals surface area contributed by atoms with Gasteiger partial charge < -0.3 is 10.0 Å². The van der Waals surface area contributed by atoms with Crippen molar-refractivity contribution in [1.29, 1.82) is 0 Å². The lowest BCUT2D eigenvalue weighted by Crippen LogP contribution is -2.45. The Morgan fingerprint density at radius 1 is 1.00 bits per heavy atom. The number of likely N-dealkylation sites (tertiary alicyclic amines) is 1. The summed E-state index contributed by atoms with van der Waals surface area (Å²) in [6, 6.07) is 16.6. The number of hydrogen-bond acceptors (Lipinski definition) is 3. The van der Waals surface area contributed by atoms with Crippen molar-refractivity contribution in [3.05, 3.63) is 60.2 Å². The summed E-state index contributed by atoms with van der Waals surface area (Å²) in [5, 5.41) is 9.37. The molecule has 3 rings (SSSR count). The summed E-state index contributed by atoms with van der Waals surface area (Å²) in [5.41, 5.74) is 2.68. The number of nitrogens with zero attached hydrogens (tertiary/aromatic N) is 1. The Bertz CT molecular complexity index is 874. The average Bonchev–Trinajstić information content (AvgIpc) is 3.22. The molecule has 152 valence electrons. The highest BCUT2D eigenvalue weighted by Gasteiger charge is 2.38. The number of amides is 1. The largest absolute Gasteiger partial charge is 0.480 e. The van der Waals surface area contributed by atoms with Crippen molar-refractivity contribution in [2.45, 2.75) is 39.2 Å². The zero-order valence-electron chi connectivity index (χ0n) is 16.9. The van der Waals surface area contributed by atoms with Crippen LogP contribution in [0, 0.1) is 11.8 Å². The number of Topliss-reactive ketones (excluding diaryl/α,β-unsaturated/α-hetero) is 1. The molecule has 2 aromatic rings. The maximum Gasteiger partial charge on any atom is 0.326 e. The molecule has 5 nitrogen and oxygen atoms in total. The van der Waals surface area contributed by atoms with Gasteiger partial charge in [-0.05, 0) is 29.9 Å². The smallest absolute Gasteiger partial charge is 0.326 e. The van der Waals surface area contributed by atoms with Gasteiger partial charge in [-0.3, -0.25) is 9.59 Å². The predicted molar refractivity (Wildman–Crippen MR) is 112 cm³/mol. The van der Waals surface area contributed by atoms with Crippen molar-refractivity contribution in [3.8, 4) is 11.1 Å². The molecule has 0 spiro atoms. The van der Waals surface area contributed by atoms with Gasteiger partial charge in [-0.2, -0.15) is 0 Å². The summed E-state index contributed by atoms with van der Waals surface area (Å²) in [6.07, 6.45) is 1.24. The van der Waals surface area contributed by atoms with E-state index in [2.05, 4.69) is 0 Å². The number of ketones is 1. The van der Waals surface area contributed by atoms with E-state index in [-0.39, 0.29) is 24.0 Å². The summed E-state index contributed by atoms with van der Waals surface area (Å²) in [7, 11) is 0. The van der Waals surface area contributed by atoms with Crippen LogP contribution in [0.15, 0.2) is 54.6 Å². The lowest BCUT2D eigenvalue weighted by molar-refractivity contribution is -0.150. The van der Waals surface area contributed by atoms with Crippen molar-refractivity contribution >= 4 is 17.7 Å². The molecule has 1 saturated heterocycles. The van der Waals surface area contributed by atoms with Crippen LogP contribution in [0.2, 0.25) is 0 Å². The molecular weight excluding hydrogens is 366 g/mol. The molecule has 1 heterocycles. The molecule has 0 aromatic heterocycles. The predicted octanol–water partition coefficient (Wildman–Crippen LogP) is 4.27. The highest BCUT2D eigenvalue weighted by Crippen LogP contribution is 2.27. The Morgan fingerprint density at radius 2 is 1.62 bits per heavy atom. The third kappa shape index (κ3) is 4.73. The monoisotopic (exact) mass is 393 g/mol. The lowest BCUT2D eigenvalue weighted by Gasteiger charge is -2.28. The van der Waals surface area contributed by atoms with E-state index in [1.165, 1.54) is 4.90 Å². The van der Waals surface area contributed by atoms with Crippen LogP contribution in [0.4, 0.5) is 0 Å². The van der Waals surface area contributed by atoms with E-state index in [9.17, 15) is 19.5 Å². The van der Waals surface area contributed by atoms with Gasteiger partial charge in [0.2, 0.25) is 5.91 Å². The number of carboxylic acids is 1. The number of carbonyl (C=O) groups is 3. The van der Waals surface area contributed by atoms with Crippen LogP contribution in [-0.2, 0) is 9.59 Å². The van der Waals surface area contributed by atoms with Crippen molar-refractivity contribution in [2.75, 3.05) is 6.54 Å². The molecule has 0 radical (unpaired) electrons. The minimum atomic E-state index is -0.971. The number of rotatable bonds is 7. The fourth-order valence-electron chi connectivity index (χ4n) is 3.91. The standard InChI is InChI=1S/C24H27NO4/c1-16(2)20(23(27)25-14-6-9-21(25)24(28)29)15-22(26)19-12-10-18(11-13-19)17-7-4-3-5-8-17/h3-5,7-8,10-13,16,20-21H,6,9,14-15H2,1-2H3,(H,28,29)/t20-,21-/m0/s1. The first kappa shape index (κ1) is 20.8. The number of carboxylic acid groups (broad SMARTS) is 1. The summed E-state index contributed by atoms with van der Waals surface area (Å²) in [5.74, 6) is -1.86. The first-order chi connectivity index (χ1) is 13.9. The van der Waals surface area contributed by atoms with Crippen molar-refractivity contribution < 1.29 is 19.5 Å². The molecule has 0 saturated carbocycles. The molecule has 2 atom stereocenters. The normalized spacial score (nSPS) is 17.3. The third-order valence-corrected chi connectivity index (χ3v) is 5.66. The van der Waals surface area contributed by atoms with E-state index < -0.39 is 17.9 Å². The topological polar surface area (TPSA) is 74.7 Å². The third-order valence-electron chi connectivity index (χ3n) is 5.66. The molecule has 29 heavy (non-hydrogen) atoms. The second kappa shape index (κ2) is 9.03. The second-order valence-corrected chi connectivity index (χ2v) is 7.95. The average molecular weight is 393 g/mol. The number of hydrogen-bond donors (Lipinski definition) is 1. The summed E-state index contributed by atoms with van der Waals surface area (Å²) >= 11 is 0. The van der Waals surface area contributed by atoms with Crippen LogP contribution in [-0.4, -0.2) is 40.3 Å².